The Labute approximate surface area is 71.5 Å². The standard InChI is InChI=1S/C8H14O4/c1-5-12-8(4,6(9)10)7(2,3)11/h5,11H,1H2,2-4H3,(H,9,10). The lowest BCUT2D eigenvalue weighted by molar-refractivity contribution is -0.182. The second-order valence-electron chi connectivity index (χ2n) is 3.18. The highest BCUT2D eigenvalue weighted by Crippen LogP contribution is 2.26. The summed E-state index contributed by atoms with van der Waals surface area (Å²) in [5.41, 5.74) is -3.12. The lowest BCUT2D eigenvalue weighted by Crippen LogP contribution is -2.54. The van der Waals surface area contributed by atoms with Crippen molar-refractivity contribution in [3.63, 3.8) is 0 Å². The van der Waals surface area contributed by atoms with Gasteiger partial charge in [-0.25, -0.2) is 4.79 Å². The molecule has 4 nitrogen and oxygen atoms in total. The quantitative estimate of drug-likeness (QED) is 0.617. The van der Waals surface area contributed by atoms with Gasteiger partial charge >= 0.3 is 5.97 Å². The van der Waals surface area contributed by atoms with Crippen LogP contribution in [0.25, 0.3) is 0 Å². The van der Waals surface area contributed by atoms with E-state index in [1.54, 1.807) is 0 Å². The second kappa shape index (κ2) is 3.15. The maximum Gasteiger partial charge on any atom is 0.350 e. The van der Waals surface area contributed by atoms with Gasteiger partial charge in [0, 0.05) is 0 Å². The Bertz CT molecular complexity index is 192. The maximum atomic E-state index is 10.7. The zero-order chi connectivity index (χ0) is 9.99. The zero-order valence-electron chi connectivity index (χ0n) is 7.50. The largest absolute Gasteiger partial charge is 0.481 e. The number of carbonyl (C=O) groups is 1. The summed E-state index contributed by atoms with van der Waals surface area (Å²) in [5, 5.41) is 18.3. The predicted octanol–water partition coefficient (Wildman–Crippen LogP) is 0.761. The molecule has 12 heavy (non-hydrogen) atoms. The summed E-state index contributed by atoms with van der Waals surface area (Å²) < 4.78 is 4.77. The fourth-order valence-electron chi connectivity index (χ4n) is 0.623. The Morgan fingerprint density at radius 3 is 2.00 bits per heavy atom. The minimum Gasteiger partial charge on any atom is -0.481 e. The van der Waals surface area contributed by atoms with E-state index in [9.17, 15) is 9.90 Å². The molecule has 0 radical (unpaired) electrons. The molecule has 0 bridgehead atoms. The van der Waals surface area contributed by atoms with E-state index in [2.05, 4.69) is 6.58 Å². The molecule has 0 saturated heterocycles. The van der Waals surface area contributed by atoms with Crippen LogP contribution >= 0.6 is 0 Å². The lowest BCUT2D eigenvalue weighted by atomic mass is 9.87. The lowest BCUT2D eigenvalue weighted by Gasteiger charge is -2.35. The van der Waals surface area contributed by atoms with E-state index in [-0.39, 0.29) is 0 Å². The van der Waals surface area contributed by atoms with Crippen LogP contribution in [0.4, 0.5) is 0 Å². The molecule has 0 saturated carbocycles. The van der Waals surface area contributed by atoms with Crippen LogP contribution in [0, 0.1) is 0 Å². The van der Waals surface area contributed by atoms with Gasteiger partial charge in [0.1, 0.15) is 5.60 Å². The highest BCUT2D eigenvalue weighted by Gasteiger charge is 2.48. The summed E-state index contributed by atoms with van der Waals surface area (Å²) in [6.45, 7) is 7.27. The second-order valence-corrected chi connectivity index (χ2v) is 3.18. The van der Waals surface area contributed by atoms with Gasteiger partial charge in [-0.15, -0.1) is 0 Å². The number of ether oxygens (including phenoxy) is 1. The molecule has 0 aromatic rings. The number of carboxylic acid groups (broad SMARTS) is 1. The van der Waals surface area contributed by atoms with Crippen molar-refractivity contribution >= 4 is 5.97 Å². The maximum absolute atomic E-state index is 10.7. The molecule has 4 heteroatoms. The van der Waals surface area contributed by atoms with Gasteiger partial charge in [0.05, 0.1) is 6.26 Å². The third-order valence-corrected chi connectivity index (χ3v) is 1.89. The number of aliphatic hydroxyl groups is 1. The highest BCUT2D eigenvalue weighted by molar-refractivity contribution is 5.78. The van der Waals surface area contributed by atoms with Crippen molar-refractivity contribution in [2.24, 2.45) is 0 Å². The van der Waals surface area contributed by atoms with Gasteiger partial charge in [0.25, 0.3) is 0 Å². The highest BCUT2D eigenvalue weighted by atomic mass is 16.5. The predicted molar refractivity (Wildman–Crippen MR) is 43.6 cm³/mol. The van der Waals surface area contributed by atoms with E-state index in [1.165, 1.54) is 20.8 Å². The van der Waals surface area contributed by atoms with Crippen molar-refractivity contribution < 1.29 is 19.7 Å². The van der Waals surface area contributed by atoms with E-state index in [0.717, 1.165) is 6.26 Å². The first-order chi connectivity index (χ1) is 5.25. The van der Waals surface area contributed by atoms with E-state index in [1.807, 2.05) is 0 Å². The molecule has 2 N–H and O–H groups in total. The third kappa shape index (κ3) is 1.76. The van der Waals surface area contributed by atoms with Crippen LogP contribution in [-0.2, 0) is 9.53 Å². The van der Waals surface area contributed by atoms with Gasteiger partial charge in [0.15, 0.2) is 0 Å². The summed E-state index contributed by atoms with van der Waals surface area (Å²) in [6.07, 6.45) is 1.01. The number of aliphatic carboxylic acids is 1. The zero-order valence-corrected chi connectivity index (χ0v) is 7.50. The average Bonchev–Trinajstić information content (AvgIpc) is 1.85. The smallest absolute Gasteiger partial charge is 0.350 e. The minimum absolute atomic E-state index is 1.01. The van der Waals surface area contributed by atoms with Crippen molar-refractivity contribution in [3.05, 3.63) is 12.8 Å². The van der Waals surface area contributed by atoms with E-state index in [4.69, 9.17) is 9.84 Å². The average molecular weight is 174 g/mol. The summed E-state index contributed by atoms with van der Waals surface area (Å²) in [6, 6.07) is 0. The minimum atomic E-state index is -1.66. The summed E-state index contributed by atoms with van der Waals surface area (Å²) in [4.78, 5) is 10.7. The first-order valence-electron chi connectivity index (χ1n) is 3.50. The molecule has 1 atom stereocenters. The Kier molecular flexibility index (Phi) is 2.88. The molecule has 0 aromatic heterocycles. The fourth-order valence-corrected chi connectivity index (χ4v) is 0.623. The number of rotatable bonds is 4. The van der Waals surface area contributed by atoms with Gasteiger partial charge in [-0.2, -0.15) is 0 Å². The van der Waals surface area contributed by atoms with Gasteiger partial charge in [-0.1, -0.05) is 6.58 Å². The van der Waals surface area contributed by atoms with Crippen LogP contribution in [-0.4, -0.2) is 27.4 Å². The molecule has 0 aliphatic heterocycles. The van der Waals surface area contributed by atoms with Crippen LogP contribution in [0.15, 0.2) is 12.8 Å². The molecule has 0 amide bonds. The molecule has 0 spiro atoms. The van der Waals surface area contributed by atoms with Gasteiger partial charge < -0.3 is 14.9 Å². The first-order valence-corrected chi connectivity index (χ1v) is 3.50. The molecule has 0 fully saturated rings. The van der Waals surface area contributed by atoms with Crippen molar-refractivity contribution in [1.29, 1.82) is 0 Å². The molecule has 0 aliphatic carbocycles. The van der Waals surface area contributed by atoms with Crippen molar-refractivity contribution in [2.75, 3.05) is 0 Å². The van der Waals surface area contributed by atoms with Crippen molar-refractivity contribution in [2.45, 2.75) is 32.0 Å². The third-order valence-electron chi connectivity index (χ3n) is 1.89. The molecule has 0 rings (SSSR count). The van der Waals surface area contributed by atoms with Crippen molar-refractivity contribution in [1.82, 2.24) is 0 Å². The molecule has 1 unspecified atom stereocenters. The normalized spacial score (nSPS) is 16.3. The van der Waals surface area contributed by atoms with Gasteiger partial charge in [-0.3, -0.25) is 0 Å². The van der Waals surface area contributed by atoms with Gasteiger partial charge in [0.2, 0.25) is 5.60 Å². The van der Waals surface area contributed by atoms with Crippen LogP contribution in [0.5, 0.6) is 0 Å². The van der Waals surface area contributed by atoms with Crippen LogP contribution in [0.1, 0.15) is 20.8 Å². The van der Waals surface area contributed by atoms with Crippen molar-refractivity contribution in [3.8, 4) is 0 Å². The molecule has 70 valence electrons. The first kappa shape index (κ1) is 11.0. The number of hydrogen-bond acceptors (Lipinski definition) is 3. The monoisotopic (exact) mass is 174 g/mol. The van der Waals surface area contributed by atoms with Gasteiger partial charge in [-0.05, 0) is 20.8 Å². The summed E-state index contributed by atoms with van der Waals surface area (Å²) >= 11 is 0. The van der Waals surface area contributed by atoms with E-state index >= 15 is 0 Å². The van der Waals surface area contributed by atoms with E-state index in [0.29, 0.717) is 0 Å². The molecule has 0 aliphatic rings. The Hall–Kier alpha value is -1.03. The summed E-state index contributed by atoms with van der Waals surface area (Å²) in [7, 11) is 0. The molecule has 0 heterocycles. The number of hydrogen-bond donors (Lipinski definition) is 2. The fraction of sp³-hybridized carbons (Fsp3) is 0.625. The molecule has 0 aromatic carbocycles. The Morgan fingerprint density at radius 2 is 1.92 bits per heavy atom. The SMILES string of the molecule is C=COC(C)(C(=O)O)C(C)(C)O. The molecular weight excluding hydrogens is 160 g/mol. The Balaban J connectivity index is 4.86. The number of carboxylic acids is 1. The molecular formula is C8H14O4. The van der Waals surface area contributed by atoms with Crippen LogP contribution < -0.4 is 0 Å². The summed E-state index contributed by atoms with van der Waals surface area (Å²) in [5.74, 6) is -1.23. The van der Waals surface area contributed by atoms with Crippen LogP contribution in [0.3, 0.4) is 0 Å². The van der Waals surface area contributed by atoms with E-state index < -0.39 is 17.2 Å². The van der Waals surface area contributed by atoms with Crippen LogP contribution in [0.2, 0.25) is 0 Å². The topological polar surface area (TPSA) is 66.8 Å². The Morgan fingerprint density at radius 1 is 1.50 bits per heavy atom.